The predicted molar refractivity (Wildman–Crippen MR) is 92.4 cm³/mol. The second-order valence-corrected chi connectivity index (χ2v) is 5.40. The van der Waals surface area contributed by atoms with Gasteiger partial charge in [0.1, 0.15) is 5.75 Å². The van der Waals surface area contributed by atoms with Crippen molar-refractivity contribution in [3.63, 3.8) is 0 Å². The molecule has 1 N–H and O–H groups in total. The second kappa shape index (κ2) is 8.15. The van der Waals surface area contributed by atoms with Gasteiger partial charge in [-0.2, -0.15) is 0 Å². The number of ether oxygens (including phenoxy) is 2. The van der Waals surface area contributed by atoms with Crippen LogP contribution >= 0.6 is 0 Å². The third-order valence-electron chi connectivity index (χ3n) is 3.38. The van der Waals surface area contributed by atoms with Crippen LogP contribution in [0.2, 0.25) is 0 Å². The van der Waals surface area contributed by atoms with Crippen molar-refractivity contribution in [2.75, 3.05) is 18.5 Å². The van der Waals surface area contributed by atoms with Gasteiger partial charge in [0.2, 0.25) is 0 Å². The van der Waals surface area contributed by atoms with Gasteiger partial charge >= 0.3 is 5.97 Å². The Bertz CT molecular complexity index is 740. The number of carbonyl (C=O) groups is 2. The van der Waals surface area contributed by atoms with Gasteiger partial charge in [-0.3, -0.25) is 4.79 Å². The van der Waals surface area contributed by atoms with E-state index < -0.39 is 5.97 Å². The number of amides is 1. The van der Waals surface area contributed by atoms with Gasteiger partial charge in [0.05, 0.1) is 12.2 Å². The van der Waals surface area contributed by atoms with E-state index in [9.17, 15) is 9.59 Å². The van der Waals surface area contributed by atoms with E-state index in [-0.39, 0.29) is 12.5 Å². The van der Waals surface area contributed by atoms with Crippen LogP contribution in [-0.4, -0.2) is 25.1 Å². The molecule has 126 valence electrons. The first-order chi connectivity index (χ1) is 11.5. The Kier molecular flexibility index (Phi) is 5.95. The number of rotatable bonds is 6. The molecule has 0 spiro atoms. The first-order valence-electron chi connectivity index (χ1n) is 7.76. The van der Waals surface area contributed by atoms with E-state index in [1.807, 2.05) is 32.0 Å². The van der Waals surface area contributed by atoms with Gasteiger partial charge in [0, 0.05) is 5.69 Å². The maximum absolute atomic E-state index is 12.0. The first-order valence-corrected chi connectivity index (χ1v) is 7.76. The second-order valence-electron chi connectivity index (χ2n) is 5.40. The summed E-state index contributed by atoms with van der Waals surface area (Å²) in [5.74, 6) is -0.232. The quantitative estimate of drug-likeness (QED) is 0.825. The standard InChI is InChI=1S/C19H21NO4/c1-4-23-19(22)15-6-5-7-16(11-15)24-12-18(21)20-17-10-13(2)8-9-14(17)3/h5-11H,4,12H2,1-3H3,(H,20,21). The van der Waals surface area contributed by atoms with Gasteiger partial charge < -0.3 is 14.8 Å². The summed E-state index contributed by atoms with van der Waals surface area (Å²) < 4.78 is 10.4. The summed E-state index contributed by atoms with van der Waals surface area (Å²) in [7, 11) is 0. The van der Waals surface area contributed by atoms with Crippen LogP contribution in [0.1, 0.15) is 28.4 Å². The Labute approximate surface area is 141 Å². The summed E-state index contributed by atoms with van der Waals surface area (Å²) in [5.41, 5.74) is 3.21. The number of hydrogen-bond acceptors (Lipinski definition) is 4. The van der Waals surface area contributed by atoms with Crippen molar-refractivity contribution in [2.45, 2.75) is 20.8 Å². The van der Waals surface area contributed by atoms with E-state index in [0.29, 0.717) is 17.9 Å². The summed E-state index contributed by atoms with van der Waals surface area (Å²) in [6, 6.07) is 12.4. The lowest BCUT2D eigenvalue weighted by Gasteiger charge is -2.11. The van der Waals surface area contributed by atoms with E-state index in [1.165, 1.54) is 0 Å². The highest BCUT2D eigenvalue weighted by molar-refractivity contribution is 5.93. The van der Waals surface area contributed by atoms with Crippen LogP contribution in [0.3, 0.4) is 0 Å². The maximum Gasteiger partial charge on any atom is 0.338 e. The molecular weight excluding hydrogens is 306 g/mol. The summed E-state index contributed by atoms with van der Waals surface area (Å²) in [6.07, 6.45) is 0. The maximum atomic E-state index is 12.0. The SMILES string of the molecule is CCOC(=O)c1cccc(OCC(=O)Nc2cc(C)ccc2C)c1. The fourth-order valence-corrected chi connectivity index (χ4v) is 2.13. The van der Waals surface area contributed by atoms with Gasteiger partial charge in [0.25, 0.3) is 5.91 Å². The number of aryl methyl sites for hydroxylation is 2. The lowest BCUT2D eigenvalue weighted by atomic mass is 10.1. The molecule has 0 saturated heterocycles. The largest absolute Gasteiger partial charge is 0.484 e. The molecular formula is C19H21NO4. The predicted octanol–water partition coefficient (Wildman–Crippen LogP) is 3.50. The molecule has 2 rings (SSSR count). The molecule has 0 aliphatic carbocycles. The van der Waals surface area contributed by atoms with Gasteiger partial charge in [-0.25, -0.2) is 4.79 Å². The van der Waals surface area contributed by atoms with Crippen molar-refractivity contribution in [3.8, 4) is 5.75 Å². The Morgan fingerprint density at radius 2 is 1.88 bits per heavy atom. The molecule has 0 aliphatic rings. The van der Waals surface area contributed by atoms with Crippen LogP contribution in [-0.2, 0) is 9.53 Å². The highest BCUT2D eigenvalue weighted by atomic mass is 16.5. The average molecular weight is 327 g/mol. The highest BCUT2D eigenvalue weighted by Crippen LogP contribution is 2.17. The van der Waals surface area contributed by atoms with Crippen LogP contribution in [0.25, 0.3) is 0 Å². The summed E-state index contributed by atoms with van der Waals surface area (Å²) in [6.45, 7) is 5.81. The van der Waals surface area contributed by atoms with Crippen LogP contribution in [0, 0.1) is 13.8 Å². The third kappa shape index (κ3) is 4.84. The molecule has 0 aliphatic heterocycles. The lowest BCUT2D eigenvalue weighted by molar-refractivity contribution is -0.118. The molecule has 0 radical (unpaired) electrons. The minimum Gasteiger partial charge on any atom is -0.484 e. The molecule has 0 bridgehead atoms. The Hall–Kier alpha value is -2.82. The third-order valence-corrected chi connectivity index (χ3v) is 3.38. The number of esters is 1. The van der Waals surface area contributed by atoms with Crippen molar-refractivity contribution in [1.82, 2.24) is 0 Å². The number of benzene rings is 2. The van der Waals surface area contributed by atoms with Crippen molar-refractivity contribution in [2.24, 2.45) is 0 Å². The molecule has 0 atom stereocenters. The molecule has 0 saturated carbocycles. The molecule has 0 aromatic heterocycles. The molecule has 24 heavy (non-hydrogen) atoms. The van der Waals surface area contributed by atoms with E-state index in [0.717, 1.165) is 16.8 Å². The van der Waals surface area contributed by atoms with E-state index in [1.54, 1.807) is 31.2 Å². The average Bonchev–Trinajstić information content (AvgIpc) is 2.57. The minimum absolute atomic E-state index is 0.139. The summed E-state index contributed by atoms with van der Waals surface area (Å²) >= 11 is 0. The Morgan fingerprint density at radius 1 is 1.08 bits per heavy atom. The molecule has 5 heteroatoms. The van der Waals surface area contributed by atoms with E-state index in [2.05, 4.69) is 5.32 Å². The van der Waals surface area contributed by atoms with Crippen LogP contribution in [0.15, 0.2) is 42.5 Å². The zero-order chi connectivity index (χ0) is 17.5. The van der Waals surface area contributed by atoms with Crippen LogP contribution in [0.5, 0.6) is 5.75 Å². The Morgan fingerprint density at radius 3 is 2.62 bits per heavy atom. The van der Waals surface area contributed by atoms with Crippen molar-refractivity contribution < 1.29 is 19.1 Å². The normalized spacial score (nSPS) is 10.1. The van der Waals surface area contributed by atoms with Gasteiger partial charge in [-0.15, -0.1) is 0 Å². The van der Waals surface area contributed by atoms with Crippen molar-refractivity contribution in [1.29, 1.82) is 0 Å². The Balaban J connectivity index is 1.95. The van der Waals surface area contributed by atoms with Gasteiger partial charge in [-0.1, -0.05) is 18.2 Å². The summed E-state index contributed by atoms with van der Waals surface area (Å²) in [5, 5.41) is 2.82. The molecule has 2 aromatic carbocycles. The molecule has 5 nitrogen and oxygen atoms in total. The van der Waals surface area contributed by atoms with Crippen LogP contribution in [0.4, 0.5) is 5.69 Å². The summed E-state index contributed by atoms with van der Waals surface area (Å²) in [4.78, 5) is 23.7. The first kappa shape index (κ1) is 17.5. The van der Waals surface area contributed by atoms with Crippen LogP contribution < -0.4 is 10.1 Å². The van der Waals surface area contributed by atoms with Crippen molar-refractivity contribution in [3.05, 3.63) is 59.2 Å². The fourth-order valence-electron chi connectivity index (χ4n) is 2.13. The molecule has 2 aromatic rings. The smallest absolute Gasteiger partial charge is 0.338 e. The molecule has 0 unspecified atom stereocenters. The fraction of sp³-hybridized carbons (Fsp3) is 0.263. The van der Waals surface area contributed by atoms with E-state index >= 15 is 0 Å². The molecule has 1 amide bonds. The van der Waals surface area contributed by atoms with Crippen molar-refractivity contribution >= 4 is 17.6 Å². The monoisotopic (exact) mass is 327 g/mol. The molecule has 0 heterocycles. The number of nitrogens with one attached hydrogen (secondary N) is 1. The number of hydrogen-bond donors (Lipinski definition) is 1. The topological polar surface area (TPSA) is 64.6 Å². The molecule has 0 fully saturated rings. The lowest BCUT2D eigenvalue weighted by Crippen LogP contribution is -2.20. The van der Waals surface area contributed by atoms with E-state index in [4.69, 9.17) is 9.47 Å². The zero-order valence-electron chi connectivity index (χ0n) is 14.1. The van der Waals surface area contributed by atoms with Gasteiger partial charge in [-0.05, 0) is 56.2 Å². The highest BCUT2D eigenvalue weighted by Gasteiger charge is 2.09. The minimum atomic E-state index is -0.414. The number of anilines is 1. The van der Waals surface area contributed by atoms with Gasteiger partial charge in [0.15, 0.2) is 6.61 Å². The number of carbonyl (C=O) groups excluding carboxylic acids is 2. The zero-order valence-corrected chi connectivity index (χ0v) is 14.1.